The number of halogens is 1. The maximum absolute atomic E-state index is 12.2. The number of rotatable bonds is 4. The average Bonchev–Trinajstić information content (AvgIpc) is 2.49. The molecule has 0 fully saturated rings. The topological polar surface area (TPSA) is 64.3 Å². The van der Waals surface area contributed by atoms with E-state index < -0.39 is 0 Å². The Bertz CT molecular complexity index is 658. The van der Waals surface area contributed by atoms with E-state index >= 15 is 0 Å². The standard InChI is InChI=1S/C16H17ClN2O2/c1-10(11-4-3-5-13(8-11)21-2)19-16(20)12-6-7-14(17)15(18)9-12/h3-10H,18H2,1-2H3,(H,19,20)/t10-/m0/s1. The van der Waals surface area contributed by atoms with E-state index in [1.54, 1.807) is 25.3 Å². The van der Waals surface area contributed by atoms with E-state index in [0.29, 0.717) is 16.3 Å². The molecule has 0 radical (unpaired) electrons. The van der Waals surface area contributed by atoms with Gasteiger partial charge in [0.1, 0.15) is 5.75 Å². The Morgan fingerprint density at radius 3 is 2.71 bits per heavy atom. The third kappa shape index (κ3) is 3.67. The van der Waals surface area contributed by atoms with Crippen molar-refractivity contribution in [2.24, 2.45) is 0 Å². The van der Waals surface area contributed by atoms with Crippen molar-refractivity contribution in [3.63, 3.8) is 0 Å². The lowest BCUT2D eigenvalue weighted by molar-refractivity contribution is 0.0940. The number of carbonyl (C=O) groups is 1. The number of ether oxygens (including phenoxy) is 1. The first-order valence-electron chi connectivity index (χ1n) is 6.51. The molecule has 1 atom stereocenters. The van der Waals surface area contributed by atoms with Gasteiger partial charge in [0, 0.05) is 5.56 Å². The average molecular weight is 305 g/mol. The zero-order chi connectivity index (χ0) is 15.4. The van der Waals surface area contributed by atoms with E-state index in [9.17, 15) is 4.79 Å². The fraction of sp³-hybridized carbons (Fsp3) is 0.188. The lowest BCUT2D eigenvalue weighted by atomic mass is 10.1. The largest absolute Gasteiger partial charge is 0.497 e. The first kappa shape index (κ1) is 15.2. The molecule has 0 aliphatic heterocycles. The molecule has 0 saturated heterocycles. The van der Waals surface area contributed by atoms with Gasteiger partial charge in [-0.1, -0.05) is 23.7 Å². The minimum absolute atomic E-state index is 0.149. The van der Waals surface area contributed by atoms with Crippen LogP contribution in [0.4, 0.5) is 5.69 Å². The molecule has 0 heterocycles. The molecule has 0 unspecified atom stereocenters. The highest BCUT2D eigenvalue weighted by molar-refractivity contribution is 6.33. The van der Waals surface area contributed by atoms with E-state index in [2.05, 4.69) is 5.32 Å². The second kappa shape index (κ2) is 6.50. The van der Waals surface area contributed by atoms with Crippen molar-refractivity contribution in [3.8, 4) is 5.75 Å². The van der Waals surface area contributed by atoms with Crippen molar-refractivity contribution in [3.05, 3.63) is 58.6 Å². The predicted octanol–water partition coefficient (Wildman–Crippen LogP) is 3.42. The zero-order valence-electron chi connectivity index (χ0n) is 11.9. The highest BCUT2D eigenvalue weighted by Gasteiger charge is 2.13. The number of amides is 1. The van der Waals surface area contributed by atoms with E-state index in [1.165, 1.54) is 0 Å². The molecule has 2 rings (SSSR count). The van der Waals surface area contributed by atoms with Crippen LogP contribution >= 0.6 is 11.6 Å². The summed E-state index contributed by atoms with van der Waals surface area (Å²) < 4.78 is 5.18. The van der Waals surface area contributed by atoms with Crippen LogP contribution in [0.3, 0.4) is 0 Å². The van der Waals surface area contributed by atoms with E-state index in [1.807, 2.05) is 31.2 Å². The zero-order valence-corrected chi connectivity index (χ0v) is 12.6. The van der Waals surface area contributed by atoms with Gasteiger partial charge in [-0.25, -0.2) is 0 Å². The van der Waals surface area contributed by atoms with Crippen molar-refractivity contribution >= 4 is 23.2 Å². The molecule has 4 nitrogen and oxygen atoms in total. The second-order valence-corrected chi connectivity index (χ2v) is 5.12. The summed E-state index contributed by atoms with van der Waals surface area (Å²) in [6.45, 7) is 1.91. The molecule has 0 aromatic heterocycles. The van der Waals surface area contributed by atoms with Crippen LogP contribution in [0.15, 0.2) is 42.5 Å². The number of hydrogen-bond acceptors (Lipinski definition) is 3. The Morgan fingerprint density at radius 2 is 2.05 bits per heavy atom. The highest BCUT2D eigenvalue weighted by Crippen LogP contribution is 2.21. The first-order chi connectivity index (χ1) is 10.0. The van der Waals surface area contributed by atoms with Crippen molar-refractivity contribution in [1.29, 1.82) is 0 Å². The molecule has 0 aliphatic carbocycles. The number of carbonyl (C=O) groups excluding carboxylic acids is 1. The van der Waals surface area contributed by atoms with Gasteiger partial charge in [-0.3, -0.25) is 4.79 Å². The van der Waals surface area contributed by atoms with Gasteiger partial charge in [-0.2, -0.15) is 0 Å². The van der Waals surface area contributed by atoms with Crippen LogP contribution in [0.25, 0.3) is 0 Å². The summed E-state index contributed by atoms with van der Waals surface area (Å²) in [6, 6.07) is 12.2. The molecule has 21 heavy (non-hydrogen) atoms. The first-order valence-corrected chi connectivity index (χ1v) is 6.89. The lowest BCUT2D eigenvalue weighted by Gasteiger charge is -2.15. The number of anilines is 1. The van der Waals surface area contributed by atoms with Crippen molar-refractivity contribution in [1.82, 2.24) is 5.32 Å². The van der Waals surface area contributed by atoms with E-state index in [-0.39, 0.29) is 11.9 Å². The van der Waals surface area contributed by atoms with Crippen LogP contribution < -0.4 is 15.8 Å². The van der Waals surface area contributed by atoms with Gasteiger partial charge < -0.3 is 15.8 Å². The number of benzene rings is 2. The van der Waals surface area contributed by atoms with Crippen LogP contribution in [-0.4, -0.2) is 13.0 Å². The summed E-state index contributed by atoms with van der Waals surface area (Å²) in [7, 11) is 1.61. The molecule has 2 aromatic carbocycles. The molecule has 0 bridgehead atoms. The molecule has 2 aromatic rings. The fourth-order valence-electron chi connectivity index (χ4n) is 1.96. The van der Waals surface area contributed by atoms with Gasteiger partial charge >= 0.3 is 0 Å². The molecular formula is C16H17ClN2O2. The van der Waals surface area contributed by atoms with Crippen LogP contribution in [0.5, 0.6) is 5.75 Å². The highest BCUT2D eigenvalue weighted by atomic mass is 35.5. The Labute approximate surface area is 128 Å². The van der Waals surface area contributed by atoms with Gasteiger partial charge in [0.05, 0.1) is 23.9 Å². The summed E-state index contributed by atoms with van der Waals surface area (Å²) in [6.07, 6.45) is 0. The number of hydrogen-bond donors (Lipinski definition) is 2. The molecule has 0 aliphatic rings. The Balaban J connectivity index is 2.12. The number of nitrogen functional groups attached to an aromatic ring is 1. The maximum atomic E-state index is 12.2. The normalized spacial score (nSPS) is 11.8. The second-order valence-electron chi connectivity index (χ2n) is 4.71. The lowest BCUT2D eigenvalue weighted by Crippen LogP contribution is -2.26. The minimum atomic E-state index is -0.200. The SMILES string of the molecule is COc1cccc([C@H](C)NC(=O)c2ccc(Cl)c(N)c2)c1. The molecule has 0 saturated carbocycles. The third-order valence-corrected chi connectivity index (χ3v) is 3.54. The van der Waals surface area contributed by atoms with Gasteiger partial charge in [0.25, 0.3) is 5.91 Å². The summed E-state index contributed by atoms with van der Waals surface area (Å²) in [5.41, 5.74) is 7.54. The molecule has 3 N–H and O–H groups in total. The predicted molar refractivity (Wildman–Crippen MR) is 84.7 cm³/mol. The molecule has 0 spiro atoms. The molecule has 1 amide bonds. The molecule has 110 valence electrons. The molecule has 5 heteroatoms. The summed E-state index contributed by atoms with van der Waals surface area (Å²) in [4.78, 5) is 12.2. The number of methoxy groups -OCH3 is 1. The molecular weight excluding hydrogens is 288 g/mol. The summed E-state index contributed by atoms with van der Waals surface area (Å²) >= 11 is 5.85. The number of nitrogens with two attached hydrogens (primary N) is 1. The Hall–Kier alpha value is -2.20. The van der Waals surface area contributed by atoms with E-state index in [0.717, 1.165) is 11.3 Å². The Morgan fingerprint density at radius 1 is 1.29 bits per heavy atom. The Kier molecular flexibility index (Phi) is 4.70. The van der Waals surface area contributed by atoms with Crippen LogP contribution in [-0.2, 0) is 0 Å². The van der Waals surface area contributed by atoms with Crippen molar-refractivity contribution < 1.29 is 9.53 Å². The van der Waals surface area contributed by atoms with Gasteiger partial charge in [0.15, 0.2) is 0 Å². The van der Waals surface area contributed by atoms with Gasteiger partial charge in [-0.05, 0) is 42.8 Å². The minimum Gasteiger partial charge on any atom is -0.497 e. The third-order valence-electron chi connectivity index (χ3n) is 3.20. The van der Waals surface area contributed by atoms with Gasteiger partial charge in [-0.15, -0.1) is 0 Å². The summed E-state index contributed by atoms with van der Waals surface area (Å²) in [5.74, 6) is 0.554. The van der Waals surface area contributed by atoms with E-state index in [4.69, 9.17) is 22.1 Å². The fourth-order valence-corrected chi connectivity index (χ4v) is 2.08. The van der Waals surface area contributed by atoms with Crippen LogP contribution in [0, 0.1) is 0 Å². The van der Waals surface area contributed by atoms with Crippen LogP contribution in [0.2, 0.25) is 5.02 Å². The number of nitrogens with one attached hydrogen (secondary N) is 1. The summed E-state index contributed by atoms with van der Waals surface area (Å²) in [5, 5.41) is 3.35. The quantitative estimate of drug-likeness (QED) is 0.851. The maximum Gasteiger partial charge on any atom is 0.251 e. The van der Waals surface area contributed by atoms with Crippen LogP contribution in [0.1, 0.15) is 28.9 Å². The smallest absolute Gasteiger partial charge is 0.251 e. The van der Waals surface area contributed by atoms with Gasteiger partial charge in [0.2, 0.25) is 0 Å². The van der Waals surface area contributed by atoms with Crippen molar-refractivity contribution in [2.75, 3.05) is 12.8 Å². The monoisotopic (exact) mass is 304 g/mol. The van der Waals surface area contributed by atoms with Crippen molar-refractivity contribution in [2.45, 2.75) is 13.0 Å².